The largest absolute Gasteiger partial charge is 0.469 e. The van der Waals surface area contributed by atoms with E-state index in [9.17, 15) is 13.6 Å². The maximum Gasteiger partial charge on any atom is 0.265 e. The lowest BCUT2D eigenvalue weighted by Gasteiger charge is -2.10. The topological polar surface area (TPSA) is 62.5 Å². The zero-order valence-electron chi connectivity index (χ0n) is 8.74. The standard InChI is InChI=1S/C10H13F2NO3/c1-2-8-6(3-4-16-8)10(15)13-5-7(14)9(11)12/h3-4,7,9,14H,2,5H2,1H3,(H,13,15). The van der Waals surface area contributed by atoms with Crippen LogP contribution in [0.1, 0.15) is 23.0 Å². The van der Waals surface area contributed by atoms with Crippen molar-refractivity contribution in [1.29, 1.82) is 0 Å². The van der Waals surface area contributed by atoms with E-state index in [2.05, 4.69) is 5.32 Å². The second kappa shape index (κ2) is 5.60. The van der Waals surface area contributed by atoms with Crippen LogP contribution >= 0.6 is 0 Å². The Kier molecular flexibility index (Phi) is 4.42. The van der Waals surface area contributed by atoms with E-state index in [4.69, 9.17) is 9.52 Å². The number of hydrogen-bond acceptors (Lipinski definition) is 3. The number of carbonyl (C=O) groups is 1. The van der Waals surface area contributed by atoms with Crippen LogP contribution in [0.2, 0.25) is 0 Å². The Bertz CT molecular complexity index is 352. The highest BCUT2D eigenvalue weighted by Gasteiger charge is 2.19. The highest BCUT2D eigenvalue weighted by Crippen LogP contribution is 2.11. The van der Waals surface area contributed by atoms with E-state index in [0.717, 1.165) is 0 Å². The molecule has 1 amide bonds. The Morgan fingerprint density at radius 1 is 1.62 bits per heavy atom. The molecule has 16 heavy (non-hydrogen) atoms. The van der Waals surface area contributed by atoms with Gasteiger partial charge in [0.1, 0.15) is 11.9 Å². The Morgan fingerprint density at radius 3 is 2.88 bits per heavy atom. The number of carbonyl (C=O) groups excluding carboxylic acids is 1. The van der Waals surface area contributed by atoms with Gasteiger partial charge in [0.2, 0.25) is 0 Å². The summed E-state index contributed by atoms with van der Waals surface area (Å²) in [4.78, 5) is 11.5. The lowest BCUT2D eigenvalue weighted by molar-refractivity contribution is -0.00271. The maximum absolute atomic E-state index is 11.9. The van der Waals surface area contributed by atoms with Crippen LogP contribution in [0.5, 0.6) is 0 Å². The summed E-state index contributed by atoms with van der Waals surface area (Å²) in [6, 6.07) is 1.46. The molecule has 2 N–H and O–H groups in total. The minimum absolute atomic E-state index is 0.309. The second-order valence-electron chi connectivity index (χ2n) is 3.22. The zero-order chi connectivity index (χ0) is 12.1. The van der Waals surface area contributed by atoms with Crippen molar-refractivity contribution < 1.29 is 23.1 Å². The van der Waals surface area contributed by atoms with Crippen LogP contribution in [-0.2, 0) is 6.42 Å². The molecule has 90 valence electrons. The van der Waals surface area contributed by atoms with E-state index in [1.165, 1.54) is 12.3 Å². The highest BCUT2D eigenvalue weighted by molar-refractivity contribution is 5.95. The molecule has 1 aromatic rings. The maximum atomic E-state index is 11.9. The minimum Gasteiger partial charge on any atom is -0.469 e. The number of nitrogens with one attached hydrogen (secondary N) is 1. The van der Waals surface area contributed by atoms with Crippen molar-refractivity contribution >= 4 is 5.91 Å². The van der Waals surface area contributed by atoms with Crippen molar-refractivity contribution in [3.8, 4) is 0 Å². The Balaban J connectivity index is 2.53. The SMILES string of the molecule is CCc1occc1C(=O)NCC(O)C(F)F. The molecule has 0 bridgehead atoms. The van der Waals surface area contributed by atoms with Gasteiger partial charge in [-0.2, -0.15) is 0 Å². The van der Waals surface area contributed by atoms with Crippen LogP contribution in [0, 0.1) is 0 Å². The molecule has 1 heterocycles. The molecule has 0 aliphatic rings. The first-order chi connectivity index (χ1) is 7.56. The van der Waals surface area contributed by atoms with Gasteiger partial charge in [0.15, 0.2) is 0 Å². The number of alkyl halides is 2. The van der Waals surface area contributed by atoms with Crippen molar-refractivity contribution in [1.82, 2.24) is 5.32 Å². The quantitative estimate of drug-likeness (QED) is 0.803. The van der Waals surface area contributed by atoms with E-state index in [1.807, 2.05) is 6.92 Å². The van der Waals surface area contributed by atoms with Crippen LogP contribution in [0.3, 0.4) is 0 Å². The number of aliphatic hydroxyl groups excluding tert-OH is 1. The monoisotopic (exact) mass is 233 g/mol. The van der Waals surface area contributed by atoms with Gasteiger partial charge in [0.05, 0.1) is 11.8 Å². The predicted molar refractivity (Wildman–Crippen MR) is 52.4 cm³/mol. The normalized spacial score (nSPS) is 12.8. The Labute approximate surface area is 91.3 Å². The molecule has 0 saturated heterocycles. The van der Waals surface area contributed by atoms with Crippen LogP contribution in [0.4, 0.5) is 8.78 Å². The van der Waals surface area contributed by atoms with Gasteiger partial charge in [0, 0.05) is 13.0 Å². The van der Waals surface area contributed by atoms with E-state index in [0.29, 0.717) is 17.7 Å². The van der Waals surface area contributed by atoms with Crippen molar-refractivity contribution in [3.63, 3.8) is 0 Å². The zero-order valence-corrected chi connectivity index (χ0v) is 8.74. The van der Waals surface area contributed by atoms with Gasteiger partial charge >= 0.3 is 0 Å². The van der Waals surface area contributed by atoms with E-state index < -0.39 is 25.0 Å². The first kappa shape index (κ1) is 12.6. The molecule has 0 aromatic carbocycles. The molecule has 0 aliphatic heterocycles. The van der Waals surface area contributed by atoms with E-state index >= 15 is 0 Å². The summed E-state index contributed by atoms with van der Waals surface area (Å²) in [5.74, 6) is -0.0330. The molecule has 0 aliphatic carbocycles. The van der Waals surface area contributed by atoms with Crippen molar-refractivity contribution in [2.24, 2.45) is 0 Å². The van der Waals surface area contributed by atoms with Crippen LogP contribution in [0.15, 0.2) is 16.7 Å². The summed E-state index contributed by atoms with van der Waals surface area (Å²) in [5.41, 5.74) is 0.309. The molecule has 0 radical (unpaired) electrons. The van der Waals surface area contributed by atoms with Gasteiger partial charge in [-0.1, -0.05) is 6.92 Å². The van der Waals surface area contributed by atoms with Gasteiger partial charge in [-0.3, -0.25) is 4.79 Å². The summed E-state index contributed by atoms with van der Waals surface area (Å²) >= 11 is 0. The third-order valence-corrected chi connectivity index (χ3v) is 2.07. The van der Waals surface area contributed by atoms with Crippen LogP contribution < -0.4 is 5.32 Å². The van der Waals surface area contributed by atoms with Crippen molar-refractivity contribution in [2.75, 3.05) is 6.54 Å². The van der Waals surface area contributed by atoms with Crippen molar-refractivity contribution in [2.45, 2.75) is 25.9 Å². The minimum atomic E-state index is -2.87. The Hall–Kier alpha value is -1.43. The number of hydrogen-bond donors (Lipinski definition) is 2. The average Bonchev–Trinajstić information content (AvgIpc) is 2.73. The second-order valence-corrected chi connectivity index (χ2v) is 3.22. The highest BCUT2D eigenvalue weighted by atomic mass is 19.3. The average molecular weight is 233 g/mol. The molecular weight excluding hydrogens is 220 g/mol. The molecule has 1 aromatic heterocycles. The first-order valence-electron chi connectivity index (χ1n) is 4.87. The number of halogens is 2. The van der Waals surface area contributed by atoms with E-state index in [1.54, 1.807) is 0 Å². The summed E-state index contributed by atoms with van der Waals surface area (Å²) < 4.78 is 28.9. The molecule has 1 rings (SSSR count). The summed E-state index contributed by atoms with van der Waals surface area (Å²) in [5, 5.41) is 11.0. The molecule has 1 atom stereocenters. The van der Waals surface area contributed by atoms with Gasteiger partial charge in [-0.15, -0.1) is 0 Å². The smallest absolute Gasteiger partial charge is 0.265 e. The molecule has 6 heteroatoms. The number of amides is 1. The summed E-state index contributed by atoms with van der Waals surface area (Å²) in [6.07, 6.45) is -2.82. The van der Waals surface area contributed by atoms with Gasteiger partial charge < -0.3 is 14.8 Å². The Morgan fingerprint density at radius 2 is 2.31 bits per heavy atom. The van der Waals surface area contributed by atoms with Crippen LogP contribution in [0.25, 0.3) is 0 Å². The molecule has 1 unspecified atom stereocenters. The lowest BCUT2D eigenvalue weighted by Crippen LogP contribution is -2.35. The van der Waals surface area contributed by atoms with Crippen LogP contribution in [-0.4, -0.2) is 30.1 Å². The summed E-state index contributed by atoms with van der Waals surface area (Å²) in [6.45, 7) is 1.33. The third-order valence-electron chi connectivity index (χ3n) is 2.07. The molecule has 4 nitrogen and oxygen atoms in total. The molecule has 0 fully saturated rings. The molecule has 0 saturated carbocycles. The fourth-order valence-corrected chi connectivity index (χ4v) is 1.20. The van der Waals surface area contributed by atoms with Crippen molar-refractivity contribution in [3.05, 3.63) is 23.7 Å². The van der Waals surface area contributed by atoms with E-state index in [-0.39, 0.29) is 0 Å². The fourth-order valence-electron chi connectivity index (χ4n) is 1.20. The third kappa shape index (κ3) is 3.03. The first-order valence-corrected chi connectivity index (χ1v) is 4.87. The van der Waals surface area contributed by atoms with Gasteiger partial charge in [-0.25, -0.2) is 8.78 Å². The fraction of sp³-hybridized carbons (Fsp3) is 0.500. The molecular formula is C10H13F2NO3. The van der Waals surface area contributed by atoms with Gasteiger partial charge in [-0.05, 0) is 6.07 Å². The number of rotatable bonds is 5. The number of aryl methyl sites for hydroxylation is 1. The predicted octanol–water partition coefficient (Wildman–Crippen LogP) is 1.20. The number of furan rings is 1. The lowest BCUT2D eigenvalue weighted by atomic mass is 10.2. The molecule has 0 spiro atoms. The number of aliphatic hydroxyl groups is 1. The summed E-state index contributed by atoms with van der Waals surface area (Å²) in [7, 11) is 0. The van der Waals surface area contributed by atoms with Gasteiger partial charge in [0.25, 0.3) is 12.3 Å².